The second-order valence-corrected chi connectivity index (χ2v) is 7.27. The summed E-state index contributed by atoms with van der Waals surface area (Å²) >= 11 is 5.34. The van der Waals surface area contributed by atoms with Crippen molar-refractivity contribution in [3.05, 3.63) is 50.6 Å². The second-order valence-electron chi connectivity index (χ2n) is 3.42. The predicted molar refractivity (Wildman–Crippen MR) is 81.9 cm³/mol. The fraction of sp³-hybridized carbons (Fsp3) is 0. The first-order valence-corrected chi connectivity index (χ1v) is 8.23. The summed E-state index contributed by atoms with van der Waals surface area (Å²) in [6.07, 6.45) is 1.60. The van der Waals surface area contributed by atoms with Gasteiger partial charge in [-0.2, -0.15) is 0 Å². The van der Waals surface area contributed by atoms with Gasteiger partial charge in [-0.3, -0.25) is 4.72 Å². The van der Waals surface area contributed by atoms with E-state index in [1.165, 1.54) is 12.1 Å². The summed E-state index contributed by atoms with van der Waals surface area (Å²) in [5.41, 5.74) is 0. The van der Waals surface area contributed by atoms with Gasteiger partial charge in [-0.25, -0.2) is 13.4 Å². The Labute approximate surface area is 127 Å². The van der Waals surface area contributed by atoms with Crippen molar-refractivity contribution in [3.8, 4) is 0 Å². The van der Waals surface area contributed by atoms with Crippen LogP contribution < -0.4 is 4.72 Å². The Morgan fingerprint density at radius 2 is 2.00 bits per heavy atom. The van der Waals surface area contributed by atoms with Crippen LogP contribution in [-0.4, -0.2) is 13.4 Å². The first-order valence-electron chi connectivity index (χ1n) is 4.87. The highest BCUT2D eigenvalue weighted by atomic mass is 127. The molecule has 4 nitrogen and oxygen atoms in total. The quantitative estimate of drug-likeness (QED) is 0.748. The van der Waals surface area contributed by atoms with Crippen molar-refractivity contribution in [1.29, 1.82) is 0 Å². The van der Waals surface area contributed by atoms with E-state index in [1.54, 1.807) is 30.5 Å². The molecule has 0 unspecified atom stereocenters. The number of hydrogen-bond acceptors (Lipinski definition) is 3. The lowest BCUT2D eigenvalue weighted by molar-refractivity contribution is 0.601. The average Bonchev–Trinajstić information content (AvgIpc) is 2.32. The third-order valence-electron chi connectivity index (χ3n) is 2.07. The van der Waals surface area contributed by atoms with Gasteiger partial charge < -0.3 is 0 Å². The molecular weight excluding hydrogens is 431 g/mol. The Morgan fingerprint density at radius 1 is 1.22 bits per heavy atom. The number of benzene rings is 1. The van der Waals surface area contributed by atoms with Crippen LogP contribution in [-0.2, 0) is 10.0 Å². The van der Waals surface area contributed by atoms with Crippen LogP contribution in [0.5, 0.6) is 0 Å². The molecular formula is C11H8BrIN2O2S. The third-order valence-corrected chi connectivity index (χ3v) is 4.56. The Balaban J connectivity index is 2.30. The SMILES string of the molecule is O=S(=O)(Nc1ccc(I)cn1)c1cccc(Br)c1. The molecule has 0 atom stereocenters. The van der Waals surface area contributed by atoms with E-state index in [2.05, 4.69) is 48.2 Å². The summed E-state index contributed by atoms with van der Waals surface area (Å²) in [5, 5.41) is 0. The van der Waals surface area contributed by atoms with Gasteiger partial charge in [-0.15, -0.1) is 0 Å². The molecule has 0 fully saturated rings. The Bertz CT molecular complexity index is 659. The van der Waals surface area contributed by atoms with Crippen LogP contribution in [0.4, 0.5) is 5.82 Å². The molecule has 2 rings (SSSR count). The molecule has 0 amide bonds. The number of rotatable bonds is 3. The molecule has 2 aromatic rings. The summed E-state index contributed by atoms with van der Waals surface area (Å²) in [6.45, 7) is 0. The van der Waals surface area contributed by atoms with Crippen molar-refractivity contribution >= 4 is 54.4 Å². The van der Waals surface area contributed by atoms with Crippen LogP contribution in [0.25, 0.3) is 0 Å². The first kappa shape index (κ1) is 13.8. The van der Waals surface area contributed by atoms with E-state index in [1.807, 2.05) is 0 Å². The van der Waals surface area contributed by atoms with Crippen LogP contribution >= 0.6 is 38.5 Å². The van der Waals surface area contributed by atoms with Crippen LogP contribution in [0.2, 0.25) is 0 Å². The smallest absolute Gasteiger partial charge is 0.263 e. The number of anilines is 1. The topological polar surface area (TPSA) is 59.1 Å². The molecule has 0 aliphatic heterocycles. The normalized spacial score (nSPS) is 11.2. The fourth-order valence-corrected chi connectivity index (χ4v) is 3.19. The lowest BCUT2D eigenvalue weighted by Gasteiger charge is -2.07. The lowest BCUT2D eigenvalue weighted by atomic mass is 10.4. The van der Waals surface area contributed by atoms with E-state index in [0.717, 1.165) is 3.57 Å². The maximum absolute atomic E-state index is 12.1. The molecule has 7 heteroatoms. The number of nitrogens with zero attached hydrogens (tertiary/aromatic N) is 1. The standard InChI is InChI=1S/C11H8BrIN2O2S/c12-8-2-1-3-10(6-8)18(16,17)15-11-5-4-9(13)7-14-11/h1-7H,(H,14,15). The molecule has 0 saturated heterocycles. The van der Waals surface area contributed by atoms with E-state index in [0.29, 0.717) is 10.3 Å². The average molecular weight is 439 g/mol. The summed E-state index contributed by atoms with van der Waals surface area (Å²) in [5.74, 6) is 0.301. The van der Waals surface area contributed by atoms with Gasteiger partial charge in [0, 0.05) is 14.2 Å². The summed E-state index contributed by atoms with van der Waals surface area (Å²) in [4.78, 5) is 4.19. The largest absolute Gasteiger partial charge is 0.263 e. The Morgan fingerprint density at radius 3 is 2.61 bits per heavy atom. The predicted octanol–water partition coefficient (Wildman–Crippen LogP) is 3.25. The van der Waals surface area contributed by atoms with Crippen molar-refractivity contribution in [2.45, 2.75) is 4.90 Å². The van der Waals surface area contributed by atoms with Crippen LogP contribution in [0, 0.1) is 3.57 Å². The first-order chi connectivity index (χ1) is 8.47. The van der Waals surface area contributed by atoms with Crippen molar-refractivity contribution < 1.29 is 8.42 Å². The Kier molecular flexibility index (Phi) is 4.23. The van der Waals surface area contributed by atoms with E-state index < -0.39 is 10.0 Å². The zero-order valence-corrected chi connectivity index (χ0v) is 13.5. The monoisotopic (exact) mass is 438 g/mol. The molecule has 1 heterocycles. The number of aromatic nitrogens is 1. The molecule has 18 heavy (non-hydrogen) atoms. The minimum absolute atomic E-state index is 0.192. The molecule has 0 spiro atoms. The van der Waals surface area contributed by atoms with E-state index >= 15 is 0 Å². The molecule has 0 aliphatic carbocycles. The maximum Gasteiger partial charge on any atom is 0.263 e. The van der Waals surface area contributed by atoms with Gasteiger partial charge in [0.2, 0.25) is 0 Å². The highest BCUT2D eigenvalue weighted by Crippen LogP contribution is 2.18. The molecule has 0 bridgehead atoms. The number of sulfonamides is 1. The van der Waals surface area contributed by atoms with Crippen LogP contribution in [0.1, 0.15) is 0 Å². The van der Waals surface area contributed by atoms with Gasteiger partial charge in [0.15, 0.2) is 0 Å². The number of nitrogens with one attached hydrogen (secondary N) is 1. The zero-order chi connectivity index (χ0) is 13.2. The van der Waals surface area contributed by atoms with Crippen LogP contribution in [0.15, 0.2) is 52.0 Å². The minimum Gasteiger partial charge on any atom is -0.263 e. The number of pyridine rings is 1. The van der Waals surface area contributed by atoms with E-state index in [-0.39, 0.29) is 4.90 Å². The van der Waals surface area contributed by atoms with Gasteiger partial charge in [0.05, 0.1) is 4.90 Å². The second kappa shape index (κ2) is 5.54. The molecule has 1 aromatic carbocycles. The highest BCUT2D eigenvalue weighted by molar-refractivity contribution is 14.1. The van der Waals surface area contributed by atoms with Gasteiger partial charge in [0.1, 0.15) is 5.82 Å². The highest BCUT2D eigenvalue weighted by Gasteiger charge is 2.14. The van der Waals surface area contributed by atoms with Gasteiger partial charge in [-0.05, 0) is 52.9 Å². The lowest BCUT2D eigenvalue weighted by Crippen LogP contribution is -2.13. The molecule has 0 aliphatic rings. The maximum atomic E-state index is 12.1. The fourth-order valence-electron chi connectivity index (χ4n) is 1.27. The Hall–Kier alpha value is -0.670. The molecule has 94 valence electrons. The van der Waals surface area contributed by atoms with E-state index in [4.69, 9.17) is 0 Å². The third kappa shape index (κ3) is 3.42. The van der Waals surface area contributed by atoms with Crippen molar-refractivity contribution in [3.63, 3.8) is 0 Å². The van der Waals surface area contributed by atoms with Crippen LogP contribution in [0.3, 0.4) is 0 Å². The zero-order valence-electron chi connectivity index (χ0n) is 8.97. The number of halogens is 2. The molecule has 1 N–H and O–H groups in total. The summed E-state index contributed by atoms with van der Waals surface area (Å²) < 4.78 is 28.2. The van der Waals surface area contributed by atoms with Gasteiger partial charge in [0.25, 0.3) is 10.0 Å². The minimum atomic E-state index is -3.59. The van der Waals surface area contributed by atoms with Gasteiger partial charge >= 0.3 is 0 Å². The summed E-state index contributed by atoms with van der Waals surface area (Å²) in [6, 6.07) is 9.90. The van der Waals surface area contributed by atoms with Crippen molar-refractivity contribution in [2.24, 2.45) is 0 Å². The van der Waals surface area contributed by atoms with Crippen molar-refractivity contribution in [1.82, 2.24) is 4.98 Å². The molecule has 0 saturated carbocycles. The summed E-state index contributed by atoms with van der Waals surface area (Å²) in [7, 11) is -3.59. The van der Waals surface area contributed by atoms with Gasteiger partial charge in [-0.1, -0.05) is 22.0 Å². The number of hydrogen-bond donors (Lipinski definition) is 1. The molecule has 0 radical (unpaired) electrons. The van der Waals surface area contributed by atoms with E-state index in [9.17, 15) is 8.42 Å². The van der Waals surface area contributed by atoms with Crippen molar-refractivity contribution in [2.75, 3.05) is 4.72 Å². The molecule has 1 aromatic heterocycles.